The lowest BCUT2D eigenvalue weighted by Gasteiger charge is -2.28. The van der Waals surface area contributed by atoms with E-state index in [1.165, 1.54) is 17.0 Å². The Morgan fingerprint density at radius 1 is 1.33 bits per heavy atom. The van der Waals surface area contributed by atoms with Crippen molar-refractivity contribution in [3.63, 3.8) is 0 Å². The minimum atomic E-state index is -1.02. The van der Waals surface area contributed by atoms with Gasteiger partial charge in [-0.15, -0.1) is 0 Å². The number of hydrogen-bond donors (Lipinski definition) is 2. The number of hydrogen-bond acceptors (Lipinski definition) is 3. The Labute approximate surface area is 103 Å². The SMILES string of the molecule is NC(=O)CN1C(=O)CCc2cc(C(=O)O)ccc21. The molecule has 1 aromatic rings. The number of amides is 2. The molecule has 0 bridgehead atoms. The molecule has 2 amide bonds. The molecule has 18 heavy (non-hydrogen) atoms. The number of nitrogens with two attached hydrogens (primary N) is 1. The molecule has 1 aromatic carbocycles. The van der Waals surface area contributed by atoms with E-state index < -0.39 is 11.9 Å². The van der Waals surface area contributed by atoms with Gasteiger partial charge in [0.15, 0.2) is 0 Å². The first-order chi connectivity index (χ1) is 8.49. The van der Waals surface area contributed by atoms with Gasteiger partial charge in [-0.05, 0) is 30.2 Å². The van der Waals surface area contributed by atoms with Crippen LogP contribution in [0.3, 0.4) is 0 Å². The fourth-order valence-corrected chi connectivity index (χ4v) is 2.02. The van der Waals surface area contributed by atoms with Crippen LogP contribution in [0.15, 0.2) is 18.2 Å². The maximum Gasteiger partial charge on any atom is 0.335 e. The van der Waals surface area contributed by atoms with Crippen molar-refractivity contribution in [2.45, 2.75) is 12.8 Å². The van der Waals surface area contributed by atoms with Gasteiger partial charge in [0.1, 0.15) is 6.54 Å². The van der Waals surface area contributed by atoms with Gasteiger partial charge in [0, 0.05) is 12.1 Å². The Hall–Kier alpha value is -2.37. The van der Waals surface area contributed by atoms with Crippen molar-refractivity contribution in [1.29, 1.82) is 0 Å². The minimum absolute atomic E-state index is 0.169. The summed E-state index contributed by atoms with van der Waals surface area (Å²) in [5, 5.41) is 8.90. The molecule has 1 aliphatic rings. The topological polar surface area (TPSA) is 101 Å². The maximum absolute atomic E-state index is 11.7. The van der Waals surface area contributed by atoms with Crippen LogP contribution in [0.25, 0.3) is 0 Å². The summed E-state index contributed by atoms with van der Waals surface area (Å²) < 4.78 is 0. The largest absolute Gasteiger partial charge is 0.478 e. The van der Waals surface area contributed by atoms with Crippen LogP contribution in [0.5, 0.6) is 0 Å². The Balaban J connectivity index is 2.41. The van der Waals surface area contributed by atoms with Gasteiger partial charge in [0.25, 0.3) is 0 Å². The van der Waals surface area contributed by atoms with E-state index in [4.69, 9.17) is 10.8 Å². The van der Waals surface area contributed by atoms with E-state index in [9.17, 15) is 14.4 Å². The zero-order valence-corrected chi connectivity index (χ0v) is 9.55. The van der Waals surface area contributed by atoms with Gasteiger partial charge in [-0.25, -0.2) is 4.79 Å². The van der Waals surface area contributed by atoms with E-state index in [0.29, 0.717) is 12.1 Å². The van der Waals surface area contributed by atoms with Crippen LogP contribution >= 0.6 is 0 Å². The van der Waals surface area contributed by atoms with Crippen LogP contribution in [0.1, 0.15) is 22.3 Å². The zero-order valence-electron chi connectivity index (χ0n) is 9.55. The zero-order chi connectivity index (χ0) is 13.3. The molecule has 94 valence electrons. The lowest BCUT2D eigenvalue weighted by Crippen LogP contribution is -2.41. The van der Waals surface area contributed by atoms with Gasteiger partial charge in [-0.2, -0.15) is 0 Å². The standard InChI is InChI=1S/C12H12N2O4/c13-10(15)6-14-9-3-1-8(12(17)18)5-7(9)2-4-11(14)16/h1,3,5H,2,4,6H2,(H2,13,15)(H,17,18). The average Bonchev–Trinajstić information content (AvgIpc) is 2.31. The summed E-state index contributed by atoms with van der Waals surface area (Å²) >= 11 is 0. The van der Waals surface area contributed by atoms with Crippen molar-refractivity contribution >= 4 is 23.5 Å². The molecule has 6 nitrogen and oxygen atoms in total. The molecule has 0 radical (unpaired) electrons. The van der Waals surface area contributed by atoms with Crippen molar-refractivity contribution < 1.29 is 19.5 Å². The van der Waals surface area contributed by atoms with Crippen LogP contribution < -0.4 is 10.6 Å². The molecule has 1 aliphatic heterocycles. The molecule has 0 unspecified atom stereocenters. The number of rotatable bonds is 3. The highest BCUT2D eigenvalue weighted by molar-refractivity contribution is 6.01. The molecule has 0 aromatic heterocycles. The molecule has 1 heterocycles. The maximum atomic E-state index is 11.7. The first kappa shape index (κ1) is 12.1. The highest BCUT2D eigenvalue weighted by Crippen LogP contribution is 2.28. The van der Waals surface area contributed by atoms with Crippen molar-refractivity contribution in [2.24, 2.45) is 5.73 Å². The number of primary amides is 1. The molecule has 0 atom stereocenters. The second-order valence-corrected chi connectivity index (χ2v) is 4.09. The summed E-state index contributed by atoms with van der Waals surface area (Å²) in [6.07, 6.45) is 0.730. The second kappa shape index (κ2) is 4.48. The van der Waals surface area contributed by atoms with Crippen LogP contribution in [-0.4, -0.2) is 29.4 Å². The molecule has 3 N–H and O–H groups in total. The minimum Gasteiger partial charge on any atom is -0.478 e. The van der Waals surface area contributed by atoms with Crippen LogP contribution in [0.2, 0.25) is 0 Å². The van der Waals surface area contributed by atoms with Crippen molar-refractivity contribution in [3.8, 4) is 0 Å². The number of carboxylic acid groups (broad SMARTS) is 1. The van der Waals surface area contributed by atoms with Crippen molar-refractivity contribution in [1.82, 2.24) is 0 Å². The quantitative estimate of drug-likeness (QED) is 0.794. The monoisotopic (exact) mass is 248 g/mol. The number of benzene rings is 1. The van der Waals surface area contributed by atoms with Gasteiger partial charge in [0.2, 0.25) is 11.8 Å². The second-order valence-electron chi connectivity index (χ2n) is 4.09. The predicted molar refractivity (Wildman–Crippen MR) is 63.3 cm³/mol. The summed E-state index contributed by atoms with van der Waals surface area (Å²) in [7, 11) is 0. The van der Waals surface area contributed by atoms with Gasteiger partial charge in [0.05, 0.1) is 5.56 Å². The normalized spacial score (nSPS) is 14.2. The Bertz CT molecular complexity index is 539. The Morgan fingerprint density at radius 2 is 2.06 bits per heavy atom. The van der Waals surface area contributed by atoms with Crippen LogP contribution in [-0.2, 0) is 16.0 Å². The predicted octanol–water partition coefficient (Wildman–Crippen LogP) is 0.149. The fourth-order valence-electron chi connectivity index (χ4n) is 2.02. The van der Waals surface area contributed by atoms with Crippen molar-refractivity contribution in [3.05, 3.63) is 29.3 Å². The molecular formula is C12H12N2O4. The van der Waals surface area contributed by atoms with E-state index in [0.717, 1.165) is 5.56 Å². The van der Waals surface area contributed by atoms with E-state index >= 15 is 0 Å². The fraction of sp³-hybridized carbons (Fsp3) is 0.250. The first-order valence-electron chi connectivity index (χ1n) is 5.44. The first-order valence-corrected chi connectivity index (χ1v) is 5.44. The molecule has 6 heteroatoms. The third kappa shape index (κ3) is 2.17. The Morgan fingerprint density at radius 3 is 2.67 bits per heavy atom. The van der Waals surface area contributed by atoms with E-state index in [-0.39, 0.29) is 24.4 Å². The summed E-state index contributed by atoms with van der Waals surface area (Å²) in [5.41, 5.74) is 6.57. The third-order valence-electron chi connectivity index (χ3n) is 2.84. The molecule has 0 fully saturated rings. The van der Waals surface area contributed by atoms with Gasteiger partial charge in [-0.3, -0.25) is 9.59 Å². The molecule has 2 rings (SSSR count). The average molecular weight is 248 g/mol. The number of nitrogens with zero attached hydrogens (tertiary/aromatic N) is 1. The summed E-state index contributed by atoms with van der Waals surface area (Å²) in [4.78, 5) is 34.8. The molecular weight excluding hydrogens is 236 g/mol. The van der Waals surface area contributed by atoms with Crippen LogP contribution in [0, 0.1) is 0 Å². The number of carboxylic acids is 1. The summed E-state index contributed by atoms with van der Waals surface area (Å²) in [6, 6.07) is 4.48. The van der Waals surface area contributed by atoms with E-state index in [1.54, 1.807) is 6.07 Å². The lowest BCUT2D eigenvalue weighted by atomic mass is 9.98. The van der Waals surface area contributed by atoms with Gasteiger partial charge < -0.3 is 15.7 Å². The van der Waals surface area contributed by atoms with E-state index in [1.807, 2.05) is 0 Å². The van der Waals surface area contributed by atoms with E-state index in [2.05, 4.69) is 0 Å². The summed E-state index contributed by atoms with van der Waals surface area (Å²) in [5.74, 6) is -1.79. The number of aromatic carboxylic acids is 1. The number of anilines is 1. The number of carbonyl (C=O) groups excluding carboxylic acids is 2. The highest BCUT2D eigenvalue weighted by Gasteiger charge is 2.25. The Kier molecular flexibility index (Phi) is 3.01. The summed E-state index contributed by atoms with van der Waals surface area (Å²) in [6.45, 7) is -0.182. The number of carbonyl (C=O) groups is 3. The van der Waals surface area contributed by atoms with Gasteiger partial charge in [-0.1, -0.05) is 0 Å². The molecule has 0 saturated heterocycles. The van der Waals surface area contributed by atoms with Crippen molar-refractivity contribution in [2.75, 3.05) is 11.4 Å². The molecule has 0 aliphatic carbocycles. The lowest BCUT2D eigenvalue weighted by molar-refractivity contribution is -0.122. The smallest absolute Gasteiger partial charge is 0.335 e. The molecule has 0 saturated carbocycles. The third-order valence-corrected chi connectivity index (χ3v) is 2.84. The molecule has 0 spiro atoms. The highest BCUT2D eigenvalue weighted by atomic mass is 16.4. The van der Waals surface area contributed by atoms with Gasteiger partial charge >= 0.3 is 5.97 Å². The number of aryl methyl sites for hydroxylation is 1. The van der Waals surface area contributed by atoms with Crippen LogP contribution in [0.4, 0.5) is 5.69 Å². The number of fused-ring (bicyclic) bond motifs is 1.